The summed E-state index contributed by atoms with van der Waals surface area (Å²) in [6, 6.07) is 0. The lowest BCUT2D eigenvalue weighted by atomic mass is 10.1. The maximum absolute atomic E-state index is 5.90. The molecule has 3 rings (SSSR count). The van der Waals surface area contributed by atoms with E-state index in [9.17, 15) is 0 Å². The summed E-state index contributed by atoms with van der Waals surface area (Å²) in [6.45, 7) is 11.3. The van der Waals surface area contributed by atoms with Crippen molar-refractivity contribution in [2.45, 2.75) is 46.3 Å². The third kappa shape index (κ3) is 3.82. The van der Waals surface area contributed by atoms with Gasteiger partial charge in [-0.05, 0) is 13.8 Å². The molecule has 1 fully saturated rings. The first-order valence-corrected chi connectivity index (χ1v) is 8.74. The van der Waals surface area contributed by atoms with E-state index in [1.807, 2.05) is 13.1 Å². The Morgan fingerprint density at radius 3 is 2.88 bits per heavy atom. The molecular weight excluding hydrogens is 318 g/mol. The Balaban J connectivity index is 1.71. The average molecular weight is 345 g/mol. The topological polar surface area (TPSA) is 76.2 Å². The van der Waals surface area contributed by atoms with Crippen LogP contribution in [0, 0.1) is 13.8 Å². The highest BCUT2D eigenvalue weighted by Gasteiger charge is 2.26. The highest BCUT2D eigenvalue weighted by atomic mass is 16.5. The minimum absolute atomic E-state index is 0.0820. The van der Waals surface area contributed by atoms with Crippen LogP contribution in [0.1, 0.15) is 54.3 Å². The lowest BCUT2D eigenvalue weighted by molar-refractivity contribution is -0.0375. The Morgan fingerprint density at radius 1 is 1.40 bits per heavy atom. The van der Waals surface area contributed by atoms with Gasteiger partial charge in [0.25, 0.3) is 0 Å². The molecule has 0 bridgehead atoms. The standard InChI is InChI=1S/C18H27N5O2/c1-11(2)17-20-18(22-21-17)15-10-23(6-7-25-15)9-14-13(4)16(24-5)12(3)8-19-14/h8,11,15H,6-7,9-10H2,1-5H3,(H,20,21,22)/t15-/m0/s1. The van der Waals surface area contributed by atoms with Crippen molar-refractivity contribution in [2.24, 2.45) is 0 Å². The Labute approximate surface area is 148 Å². The molecule has 3 heterocycles. The van der Waals surface area contributed by atoms with E-state index in [1.54, 1.807) is 7.11 Å². The van der Waals surface area contributed by atoms with Gasteiger partial charge in [-0.3, -0.25) is 15.0 Å². The van der Waals surface area contributed by atoms with Gasteiger partial charge in [0.15, 0.2) is 11.6 Å². The average Bonchev–Trinajstić information content (AvgIpc) is 3.09. The van der Waals surface area contributed by atoms with Gasteiger partial charge in [0.05, 0.1) is 19.4 Å². The molecular formula is C18H27N5O2. The number of nitrogens with one attached hydrogen (secondary N) is 1. The Morgan fingerprint density at radius 2 is 2.20 bits per heavy atom. The normalized spacial score (nSPS) is 18.7. The summed E-state index contributed by atoms with van der Waals surface area (Å²) in [5, 5.41) is 7.31. The van der Waals surface area contributed by atoms with Gasteiger partial charge >= 0.3 is 0 Å². The summed E-state index contributed by atoms with van der Waals surface area (Å²) in [5.41, 5.74) is 3.21. The number of pyridine rings is 1. The number of aromatic nitrogens is 4. The minimum Gasteiger partial charge on any atom is -0.496 e. The van der Waals surface area contributed by atoms with Crippen molar-refractivity contribution in [3.8, 4) is 5.75 Å². The molecule has 1 N–H and O–H groups in total. The fourth-order valence-electron chi connectivity index (χ4n) is 3.14. The quantitative estimate of drug-likeness (QED) is 0.897. The predicted molar refractivity (Wildman–Crippen MR) is 94.7 cm³/mol. The van der Waals surface area contributed by atoms with Crippen molar-refractivity contribution in [3.63, 3.8) is 0 Å². The van der Waals surface area contributed by atoms with Gasteiger partial charge in [0.1, 0.15) is 11.9 Å². The van der Waals surface area contributed by atoms with Gasteiger partial charge in [0.2, 0.25) is 0 Å². The molecule has 136 valence electrons. The number of aromatic amines is 1. The summed E-state index contributed by atoms with van der Waals surface area (Å²) < 4.78 is 11.4. The number of hydrogen-bond donors (Lipinski definition) is 1. The van der Waals surface area contributed by atoms with Crippen molar-refractivity contribution in [2.75, 3.05) is 26.8 Å². The number of rotatable bonds is 5. The van der Waals surface area contributed by atoms with Crippen LogP contribution in [0.3, 0.4) is 0 Å². The van der Waals surface area contributed by atoms with Crippen LogP contribution in [0.15, 0.2) is 6.20 Å². The van der Waals surface area contributed by atoms with E-state index in [-0.39, 0.29) is 6.10 Å². The number of aryl methyl sites for hydroxylation is 1. The van der Waals surface area contributed by atoms with Crippen molar-refractivity contribution < 1.29 is 9.47 Å². The highest BCUT2D eigenvalue weighted by Crippen LogP contribution is 2.26. The largest absolute Gasteiger partial charge is 0.496 e. The van der Waals surface area contributed by atoms with Crippen molar-refractivity contribution in [1.29, 1.82) is 0 Å². The molecule has 1 saturated heterocycles. The van der Waals surface area contributed by atoms with Gasteiger partial charge in [-0.15, -0.1) is 0 Å². The number of morpholine rings is 1. The molecule has 7 heteroatoms. The first-order chi connectivity index (χ1) is 12.0. The molecule has 1 atom stereocenters. The lowest BCUT2D eigenvalue weighted by Gasteiger charge is -2.32. The number of ether oxygens (including phenoxy) is 2. The van der Waals surface area contributed by atoms with Gasteiger partial charge in [-0.1, -0.05) is 13.8 Å². The van der Waals surface area contributed by atoms with Crippen LogP contribution in [0.4, 0.5) is 0 Å². The zero-order valence-electron chi connectivity index (χ0n) is 15.7. The molecule has 7 nitrogen and oxygen atoms in total. The summed E-state index contributed by atoms with van der Waals surface area (Å²) in [4.78, 5) is 11.5. The summed E-state index contributed by atoms with van der Waals surface area (Å²) >= 11 is 0. The Hall–Kier alpha value is -1.99. The SMILES string of the molecule is COc1c(C)cnc(CN2CCO[C@H](c3nc(C(C)C)n[nH]3)C2)c1C. The highest BCUT2D eigenvalue weighted by molar-refractivity contribution is 5.41. The predicted octanol–water partition coefficient (Wildman–Crippen LogP) is 2.52. The second-order valence-electron chi connectivity index (χ2n) is 6.87. The van der Waals surface area contributed by atoms with Crippen LogP contribution in [0.25, 0.3) is 0 Å². The van der Waals surface area contributed by atoms with E-state index < -0.39 is 0 Å². The monoisotopic (exact) mass is 345 g/mol. The number of nitrogens with zero attached hydrogens (tertiary/aromatic N) is 4. The second-order valence-corrected chi connectivity index (χ2v) is 6.87. The third-order valence-corrected chi connectivity index (χ3v) is 4.62. The zero-order valence-corrected chi connectivity index (χ0v) is 15.7. The fraction of sp³-hybridized carbons (Fsp3) is 0.611. The van der Waals surface area contributed by atoms with Crippen LogP contribution >= 0.6 is 0 Å². The van der Waals surface area contributed by atoms with E-state index in [4.69, 9.17) is 9.47 Å². The van der Waals surface area contributed by atoms with E-state index in [0.29, 0.717) is 12.5 Å². The first-order valence-electron chi connectivity index (χ1n) is 8.74. The van der Waals surface area contributed by atoms with E-state index in [0.717, 1.165) is 53.9 Å². The molecule has 1 aliphatic heterocycles. The maximum atomic E-state index is 5.90. The second kappa shape index (κ2) is 7.49. The van der Waals surface area contributed by atoms with E-state index in [1.165, 1.54) is 0 Å². The van der Waals surface area contributed by atoms with Crippen LogP contribution in [-0.2, 0) is 11.3 Å². The van der Waals surface area contributed by atoms with Crippen LogP contribution in [0.5, 0.6) is 5.75 Å². The fourth-order valence-corrected chi connectivity index (χ4v) is 3.14. The maximum Gasteiger partial charge on any atom is 0.155 e. The van der Waals surface area contributed by atoms with E-state index >= 15 is 0 Å². The molecule has 0 saturated carbocycles. The van der Waals surface area contributed by atoms with Crippen molar-refractivity contribution in [1.82, 2.24) is 25.1 Å². The van der Waals surface area contributed by atoms with Gasteiger partial charge < -0.3 is 9.47 Å². The van der Waals surface area contributed by atoms with Crippen LogP contribution < -0.4 is 4.74 Å². The molecule has 0 unspecified atom stereocenters. The molecule has 25 heavy (non-hydrogen) atoms. The van der Waals surface area contributed by atoms with Gasteiger partial charge in [-0.2, -0.15) is 5.10 Å². The molecule has 1 aliphatic rings. The van der Waals surface area contributed by atoms with Crippen molar-refractivity contribution >= 4 is 0 Å². The molecule has 0 aromatic carbocycles. The van der Waals surface area contributed by atoms with Gasteiger partial charge in [-0.25, -0.2) is 4.98 Å². The zero-order chi connectivity index (χ0) is 18.0. The van der Waals surface area contributed by atoms with Crippen LogP contribution in [0.2, 0.25) is 0 Å². The van der Waals surface area contributed by atoms with E-state index in [2.05, 4.69) is 45.8 Å². The third-order valence-electron chi connectivity index (χ3n) is 4.62. The Bertz CT molecular complexity index is 728. The van der Waals surface area contributed by atoms with Gasteiger partial charge in [0, 0.05) is 42.9 Å². The van der Waals surface area contributed by atoms with Crippen molar-refractivity contribution in [3.05, 3.63) is 34.7 Å². The van der Waals surface area contributed by atoms with Crippen LogP contribution in [-0.4, -0.2) is 51.9 Å². The molecule has 2 aromatic rings. The molecule has 0 spiro atoms. The summed E-state index contributed by atoms with van der Waals surface area (Å²) in [6.07, 6.45) is 1.80. The minimum atomic E-state index is -0.0820. The number of hydrogen-bond acceptors (Lipinski definition) is 6. The first kappa shape index (κ1) is 17.8. The smallest absolute Gasteiger partial charge is 0.155 e. The molecule has 0 amide bonds. The summed E-state index contributed by atoms with van der Waals surface area (Å²) in [7, 11) is 1.71. The molecule has 0 aliphatic carbocycles. The number of H-pyrrole nitrogens is 1. The molecule has 0 radical (unpaired) electrons. The lowest BCUT2D eigenvalue weighted by Crippen LogP contribution is -2.38. The Kier molecular flexibility index (Phi) is 5.34. The number of methoxy groups -OCH3 is 1. The summed E-state index contributed by atoms with van der Waals surface area (Å²) in [5.74, 6) is 2.86. The molecule has 2 aromatic heterocycles.